The van der Waals surface area contributed by atoms with Crippen LogP contribution >= 0.6 is 23.2 Å². The summed E-state index contributed by atoms with van der Waals surface area (Å²) in [5.41, 5.74) is 1.17. The van der Waals surface area contributed by atoms with E-state index in [0.29, 0.717) is 22.0 Å². The zero-order chi connectivity index (χ0) is 12.1. The van der Waals surface area contributed by atoms with E-state index < -0.39 is 0 Å². The molecule has 0 aliphatic carbocycles. The molecule has 0 radical (unpaired) electrons. The molecule has 0 saturated carbocycles. The fourth-order valence-electron chi connectivity index (χ4n) is 2.19. The average Bonchev–Trinajstić information content (AvgIpc) is 2.24. The van der Waals surface area contributed by atoms with Crippen molar-refractivity contribution in [2.45, 2.75) is 32.7 Å². The van der Waals surface area contributed by atoms with E-state index in [1.54, 1.807) is 6.07 Å². The lowest BCUT2D eigenvalue weighted by molar-refractivity contribution is 0.359. The predicted octanol–water partition coefficient (Wildman–Crippen LogP) is 4.69. The van der Waals surface area contributed by atoms with Gasteiger partial charge in [-0.25, -0.2) is 0 Å². The lowest BCUT2D eigenvalue weighted by Gasteiger charge is -2.25. The van der Waals surface area contributed by atoms with Gasteiger partial charge in [0.1, 0.15) is 0 Å². The standard InChI is InChI=1S/C13H19Cl2N/c1-4-9(5-2)13(16-3)10-6-11(14)8-12(15)7-10/h6-9,13,16H,4-5H2,1-3H3. The van der Waals surface area contributed by atoms with Crippen molar-refractivity contribution in [2.24, 2.45) is 5.92 Å². The minimum atomic E-state index is 0.325. The van der Waals surface area contributed by atoms with Gasteiger partial charge in [-0.15, -0.1) is 0 Å². The molecule has 0 aliphatic heterocycles. The quantitative estimate of drug-likeness (QED) is 0.809. The Morgan fingerprint density at radius 3 is 1.94 bits per heavy atom. The molecule has 0 aromatic heterocycles. The molecule has 16 heavy (non-hydrogen) atoms. The fraction of sp³-hybridized carbons (Fsp3) is 0.538. The average molecular weight is 260 g/mol. The van der Waals surface area contributed by atoms with Crippen molar-refractivity contribution in [1.82, 2.24) is 5.32 Å². The Hall–Kier alpha value is -0.240. The van der Waals surface area contributed by atoms with Gasteiger partial charge in [0.15, 0.2) is 0 Å². The zero-order valence-electron chi connectivity index (χ0n) is 10.1. The van der Waals surface area contributed by atoms with Crippen LogP contribution in [0.5, 0.6) is 0 Å². The van der Waals surface area contributed by atoms with Crippen molar-refractivity contribution in [1.29, 1.82) is 0 Å². The fourth-order valence-corrected chi connectivity index (χ4v) is 2.73. The van der Waals surface area contributed by atoms with Crippen molar-refractivity contribution >= 4 is 23.2 Å². The van der Waals surface area contributed by atoms with E-state index in [0.717, 1.165) is 12.8 Å². The van der Waals surface area contributed by atoms with E-state index in [1.807, 2.05) is 19.2 Å². The highest BCUT2D eigenvalue weighted by Gasteiger charge is 2.19. The number of hydrogen-bond donors (Lipinski definition) is 1. The van der Waals surface area contributed by atoms with E-state index in [-0.39, 0.29) is 0 Å². The molecule has 1 atom stereocenters. The molecule has 1 aromatic carbocycles. The Balaban J connectivity index is 3.02. The van der Waals surface area contributed by atoms with Gasteiger partial charge in [-0.3, -0.25) is 0 Å². The molecular weight excluding hydrogens is 241 g/mol. The van der Waals surface area contributed by atoms with Crippen LogP contribution in [0.15, 0.2) is 18.2 Å². The van der Waals surface area contributed by atoms with Crippen LogP contribution in [0.25, 0.3) is 0 Å². The lowest BCUT2D eigenvalue weighted by Crippen LogP contribution is -2.24. The molecule has 1 unspecified atom stereocenters. The third-order valence-corrected chi connectivity index (χ3v) is 3.51. The molecule has 0 amide bonds. The summed E-state index contributed by atoms with van der Waals surface area (Å²) in [6, 6.07) is 6.08. The predicted molar refractivity (Wildman–Crippen MR) is 72.3 cm³/mol. The van der Waals surface area contributed by atoms with Crippen LogP contribution in [-0.2, 0) is 0 Å². The van der Waals surface area contributed by atoms with E-state index in [1.165, 1.54) is 5.56 Å². The molecule has 0 heterocycles. The number of halogens is 2. The van der Waals surface area contributed by atoms with E-state index in [9.17, 15) is 0 Å². The summed E-state index contributed by atoms with van der Waals surface area (Å²) in [6.45, 7) is 4.43. The van der Waals surface area contributed by atoms with Crippen LogP contribution < -0.4 is 5.32 Å². The van der Waals surface area contributed by atoms with Gasteiger partial charge in [0, 0.05) is 16.1 Å². The first-order valence-corrected chi connectivity index (χ1v) is 6.51. The van der Waals surface area contributed by atoms with Crippen LogP contribution in [0, 0.1) is 5.92 Å². The summed E-state index contributed by atoms with van der Waals surface area (Å²) in [5.74, 6) is 0.611. The second kappa shape index (κ2) is 6.48. The van der Waals surface area contributed by atoms with Gasteiger partial charge in [0.2, 0.25) is 0 Å². The van der Waals surface area contributed by atoms with Crippen molar-refractivity contribution in [3.63, 3.8) is 0 Å². The van der Waals surface area contributed by atoms with E-state index >= 15 is 0 Å². The molecule has 3 heteroatoms. The van der Waals surface area contributed by atoms with Crippen molar-refractivity contribution in [3.8, 4) is 0 Å². The number of rotatable bonds is 5. The first kappa shape index (κ1) is 13.8. The maximum absolute atomic E-state index is 6.03. The van der Waals surface area contributed by atoms with Gasteiger partial charge in [0.05, 0.1) is 0 Å². The second-order valence-electron chi connectivity index (χ2n) is 4.05. The molecule has 0 fully saturated rings. The SMILES string of the molecule is CCC(CC)C(NC)c1cc(Cl)cc(Cl)c1. The molecule has 0 saturated heterocycles. The van der Waals surface area contributed by atoms with E-state index in [2.05, 4.69) is 19.2 Å². The summed E-state index contributed by atoms with van der Waals surface area (Å²) in [6.07, 6.45) is 2.29. The molecule has 0 aliphatic rings. The Morgan fingerprint density at radius 2 is 1.56 bits per heavy atom. The van der Waals surface area contributed by atoms with E-state index in [4.69, 9.17) is 23.2 Å². The summed E-state index contributed by atoms with van der Waals surface area (Å²) in [4.78, 5) is 0. The molecule has 1 nitrogen and oxygen atoms in total. The normalized spacial score (nSPS) is 13.1. The second-order valence-corrected chi connectivity index (χ2v) is 4.92. The molecule has 90 valence electrons. The van der Waals surface area contributed by atoms with Gasteiger partial charge in [-0.05, 0) is 36.7 Å². The first-order chi connectivity index (χ1) is 7.62. The number of nitrogens with one attached hydrogen (secondary N) is 1. The maximum Gasteiger partial charge on any atom is 0.0424 e. The monoisotopic (exact) mass is 259 g/mol. The highest BCUT2D eigenvalue weighted by molar-refractivity contribution is 6.34. The Kier molecular flexibility index (Phi) is 5.60. The first-order valence-electron chi connectivity index (χ1n) is 5.75. The summed E-state index contributed by atoms with van der Waals surface area (Å²) >= 11 is 12.1. The van der Waals surface area contributed by atoms with Crippen LogP contribution in [0.4, 0.5) is 0 Å². The van der Waals surface area contributed by atoms with Crippen LogP contribution in [0.1, 0.15) is 38.3 Å². The van der Waals surface area contributed by atoms with Gasteiger partial charge >= 0.3 is 0 Å². The molecule has 1 N–H and O–H groups in total. The maximum atomic E-state index is 6.03. The third kappa shape index (κ3) is 3.38. The molecule has 0 spiro atoms. The lowest BCUT2D eigenvalue weighted by atomic mass is 9.89. The van der Waals surface area contributed by atoms with Crippen LogP contribution in [-0.4, -0.2) is 7.05 Å². The zero-order valence-corrected chi connectivity index (χ0v) is 11.6. The largest absolute Gasteiger partial charge is 0.313 e. The highest BCUT2D eigenvalue weighted by atomic mass is 35.5. The van der Waals surface area contributed by atoms with Gasteiger partial charge in [0.25, 0.3) is 0 Å². The van der Waals surface area contributed by atoms with Crippen LogP contribution in [0.2, 0.25) is 10.0 Å². The van der Waals surface area contributed by atoms with Gasteiger partial charge in [-0.1, -0.05) is 49.9 Å². The Labute approximate surface area is 108 Å². The summed E-state index contributed by atoms with van der Waals surface area (Å²) in [5, 5.41) is 4.76. The van der Waals surface area contributed by atoms with Gasteiger partial charge < -0.3 is 5.32 Å². The summed E-state index contributed by atoms with van der Waals surface area (Å²) in [7, 11) is 1.98. The smallest absolute Gasteiger partial charge is 0.0424 e. The highest BCUT2D eigenvalue weighted by Crippen LogP contribution is 2.30. The number of hydrogen-bond acceptors (Lipinski definition) is 1. The summed E-state index contributed by atoms with van der Waals surface area (Å²) < 4.78 is 0. The van der Waals surface area contributed by atoms with Crippen LogP contribution in [0.3, 0.4) is 0 Å². The molecular formula is C13H19Cl2N. The molecule has 1 rings (SSSR count). The minimum absolute atomic E-state index is 0.325. The number of benzene rings is 1. The van der Waals surface area contributed by atoms with Crippen molar-refractivity contribution < 1.29 is 0 Å². The van der Waals surface area contributed by atoms with Gasteiger partial charge in [-0.2, -0.15) is 0 Å². The van der Waals surface area contributed by atoms with Crippen molar-refractivity contribution in [3.05, 3.63) is 33.8 Å². The Morgan fingerprint density at radius 1 is 1.06 bits per heavy atom. The molecule has 0 bridgehead atoms. The Bertz CT molecular complexity index is 314. The minimum Gasteiger partial charge on any atom is -0.313 e. The molecule has 1 aromatic rings. The topological polar surface area (TPSA) is 12.0 Å². The van der Waals surface area contributed by atoms with Crippen molar-refractivity contribution in [2.75, 3.05) is 7.05 Å². The third-order valence-electron chi connectivity index (χ3n) is 3.08.